The molecular weight excluding hydrogens is 625 g/mol. The highest BCUT2D eigenvalue weighted by molar-refractivity contribution is 5.85. The van der Waals surface area contributed by atoms with Crippen molar-refractivity contribution in [1.82, 2.24) is 4.90 Å². The van der Waals surface area contributed by atoms with Gasteiger partial charge in [0.2, 0.25) is 0 Å². The van der Waals surface area contributed by atoms with E-state index < -0.39 is 0 Å². The molecule has 4 N–H and O–H groups in total. The van der Waals surface area contributed by atoms with Crippen LogP contribution < -0.4 is 11.5 Å². The molecule has 0 bridgehead atoms. The van der Waals surface area contributed by atoms with Gasteiger partial charge in [0.1, 0.15) is 6.10 Å². The van der Waals surface area contributed by atoms with E-state index in [9.17, 15) is 4.79 Å². The second kappa shape index (κ2) is 20.4. The van der Waals surface area contributed by atoms with Crippen molar-refractivity contribution in [2.24, 2.45) is 57.8 Å². The maximum Gasteiger partial charge on any atom is 0.410 e. The molecule has 1 amide bonds. The molecule has 0 aromatic rings. The van der Waals surface area contributed by atoms with Gasteiger partial charge in [-0.15, -0.1) is 24.8 Å². The summed E-state index contributed by atoms with van der Waals surface area (Å²) < 4.78 is 6.32. The molecule has 0 saturated heterocycles. The van der Waals surface area contributed by atoms with Gasteiger partial charge in [-0.3, -0.25) is 0 Å². The van der Waals surface area contributed by atoms with Crippen LogP contribution in [0.5, 0.6) is 0 Å². The number of carbonyl (C=O) groups is 1. The van der Waals surface area contributed by atoms with Crippen LogP contribution in [0.25, 0.3) is 0 Å². The predicted molar refractivity (Wildman–Crippen MR) is 204 cm³/mol. The highest BCUT2D eigenvalue weighted by atomic mass is 35.5. The Morgan fingerprint density at radius 3 is 2.09 bits per heavy atom. The van der Waals surface area contributed by atoms with Gasteiger partial charge in [0.25, 0.3) is 0 Å². The van der Waals surface area contributed by atoms with Gasteiger partial charge in [-0.2, -0.15) is 0 Å². The number of hydrogen-bond acceptors (Lipinski definition) is 4. The van der Waals surface area contributed by atoms with E-state index in [0.717, 1.165) is 126 Å². The maximum atomic E-state index is 13.5. The highest BCUT2D eigenvalue weighted by Gasteiger charge is 2.59. The molecule has 276 valence electrons. The molecule has 0 aromatic carbocycles. The van der Waals surface area contributed by atoms with Gasteiger partial charge in [-0.05, 0) is 130 Å². The Hall–Kier alpha value is -0.490. The van der Waals surface area contributed by atoms with Crippen LogP contribution in [0.2, 0.25) is 0 Å². The minimum atomic E-state index is -0.0801. The van der Waals surface area contributed by atoms with Gasteiger partial charge < -0.3 is 21.1 Å². The van der Waals surface area contributed by atoms with E-state index in [0.29, 0.717) is 10.8 Å². The first kappa shape index (κ1) is 42.7. The van der Waals surface area contributed by atoms with E-state index in [-0.39, 0.29) is 37.0 Å². The zero-order valence-corrected chi connectivity index (χ0v) is 32.8. The molecule has 0 aromatic heterocycles. The molecule has 7 heteroatoms. The van der Waals surface area contributed by atoms with Crippen LogP contribution in [0.1, 0.15) is 157 Å². The Bertz CT molecular complexity index is 932. The van der Waals surface area contributed by atoms with Crippen molar-refractivity contribution in [1.29, 1.82) is 0 Å². The van der Waals surface area contributed by atoms with Crippen LogP contribution >= 0.6 is 24.8 Å². The lowest BCUT2D eigenvalue weighted by atomic mass is 9.47. The monoisotopic (exact) mass is 700 g/mol. The maximum absolute atomic E-state index is 13.5. The van der Waals surface area contributed by atoms with Gasteiger partial charge in [0.05, 0.1) is 0 Å². The lowest BCUT2D eigenvalue weighted by molar-refractivity contribution is -0.0593. The Morgan fingerprint density at radius 1 is 0.830 bits per heavy atom. The zero-order chi connectivity index (χ0) is 32.5. The third-order valence-corrected chi connectivity index (χ3v) is 13.5. The molecule has 0 heterocycles. The summed E-state index contributed by atoms with van der Waals surface area (Å²) in [4.78, 5) is 15.5. The zero-order valence-electron chi connectivity index (χ0n) is 31.1. The molecule has 0 spiro atoms. The SMILES string of the molecule is CC(C)CCC[C@@H](C)[C@H]1CC[C@H]2[C@@H]3CC=C4C[C@@H](OC(=O)N(CCCCCCN)CCCCCCN)CC[C@]4(C)[C@H]3CC[C@]12C.Cl.Cl. The van der Waals surface area contributed by atoms with Gasteiger partial charge in [-0.1, -0.05) is 91.2 Å². The molecule has 47 heavy (non-hydrogen) atoms. The summed E-state index contributed by atoms with van der Waals surface area (Å²) in [5, 5.41) is 0. The fourth-order valence-corrected chi connectivity index (χ4v) is 10.9. The third kappa shape index (κ3) is 10.8. The fraction of sp³-hybridized carbons (Fsp3) is 0.925. The molecule has 3 saturated carbocycles. The summed E-state index contributed by atoms with van der Waals surface area (Å²) in [5.74, 6) is 5.14. The standard InChI is InChI=1S/C40H73N3O2.2ClH/c1-30(2)15-14-16-31(3)35-19-20-36-34-18-17-32-29-33(21-23-39(32,4)37(34)22-24-40(35,36)5)45-38(44)43(27-12-8-6-10-25-41)28-13-9-7-11-26-42;;/h17,30-31,33-37H,6-16,18-29,41-42H2,1-5H3;2*1H/t31-,33+,34+,35-,36+,37+,39+,40-;;/m1../s1. The summed E-state index contributed by atoms with van der Waals surface area (Å²) in [7, 11) is 0. The van der Waals surface area contributed by atoms with Crippen molar-refractivity contribution in [3.05, 3.63) is 11.6 Å². The van der Waals surface area contributed by atoms with Crippen molar-refractivity contribution in [2.45, 2.75) is 163 Å². The van der Waals surface area contributed by atoms with Crippen molar-refractivity contribution >= 4 is 30.9 Å². The number of ether oxygens (including phenoxy) is 1. The van der Waals surface area contributed by atoms with Crippen LogP contribution in [-0.2, 0) is 4.74 Å². The minimum absolute atomic E-state index is 0. The number of hydrogen-bond donors (Lipinski definition) is 2. The van der Waals surface area contributed by atoms with E-state index in [4.69, 9.17) is 16.2 Å². The summed E-state index contributed by atoms with van der Waals surface area (Å²) in [5.41, 5.74) is 13.8. The number of nitrogens with two attached hydrogens (primary N) is 2. The molecule has 0 radical (unpaired) electrons. The number of amides is 1. The van der Waals surface area contributed by atoms with Gasteiger partial charge in [0, 0.05) is 19.5 Å². The van der Waals surface area contributed by atoms with Crippen molar-refractivity contribution in [3.63, 3.8) is 0 Å². The molecule has 4 aliphatic carbocycles. The van der Waals surface area contributed by atoms with Crippen LogP contribution in [0, 0.1) is 46.3 Å². The molecule has 5 nitrogen and oxygen atoms in total. The smallest absolute Gasteiger partial charge is 0.410 e. The van der Waals surface area contributed by atoms with E-state index in [1.54, 1.807) is 5.57 Å². The minimum Gasteiger partial charge on any atom is -0.446 e. The second-order valence-electron chi connectivity index (χ2n) is 16.9. The van der Waals surface area contributed by atoms with Gasteiger partial charge >= 0.3 is 6.09 Å². The molecule has 0 aliphatic heterocycles. The van der Waals surface area contributed by atoms with Gasteiger partial charge in [-0.25, -0.2) is 4.79 Å². The summed E-state index contributed by atoms with van der Waals surface area (Å²) in [6, 6.07) is 0. The van der Waals surface area contributed by atoms with E-state index in [2.05, 4.69) is 40.7 Å². The van der Waals surface area contributed by atoms with E-state index in [1.807, 2.05) is 4.90 Å². The Kier molecular flexibility index (Phi) is 18.5. The Labute approximate surface area is 302 Å². The Balaban J connectivity index is 0.00000384. The van der Waals surface area contributed by atoms with E-state index >= 15 is 0 Å². The topological polar surface area (TPSA) is 81.6 Å². The van der Waals surface area contributed by atoms with E-state index in [1.165, 1.54) is 57.8 Å². The molecule has 0 unspecified atom stereocenters. The number of allylic oxidation sites excluding steroid dienone is 1. The van der Waals surface area contributed by atoms with Crippen molar-refractivity contribution < 1.29 is 9.53 Å². The molecule has 4 rings (SSSR count). The number of halogens is 2. The number of carbonyl (C=O) groups excluding carboxylic acids is 1. The number of unbranched alkanes of at least 4 members (excludes halogenated alkanes) is 6. The molecule has 3 fully saturated rings. The quantitative estimate of drug-likeness (QED) is 0.110. The first-order valence-electron chi connectivity index (χ1n) is 19.7. The average Bonchev–Trinajstić information content (AvgIpc) is 3.37. The first-order chi connectivity index (χ1) is 21.6. The van der Waals surface area contributed by atoms with Crippen molar-refractivity contribution in [3.8, 4) is 0 Å². The van der Waals surface area contributed by atoms with Gasteiger partial charge in [0.15, 0.2) is 0 Å². The van der Waals surface area contributed by atoms with Crippen LogP contribution in [0.3, 0.4) is 0 Å². The fourth-order valence-electron chi connectivity index (χ4n) is 10.9. The normalized spacial score (nSPS) is 31.8. The lowest BCUT2D eigenvalue weighted by Gasteiger charge is -2.58. The highest BCUT2D eigenvalue weighted by Crippen LogP contribution is 2.67. The largest absolute Gasteiger partial charge is 0.446 e. The average molecular weight is 701 g/mol. The molecule has 8 atom stereocenters. The summed E-state index contributed by atoms with van der Waals surface area (Å²) in [6.45, 7) is 15.7. The lowest BCUT2D eigenvalue weighted by Crippen LogP contribution is -2.51. The summed E-state index contributed by atoms with van der Waals surface area (Å²) >= 11 is 0. The number of fused-ring (bicyclic) bond motifs is 5. The first-order valence-corrected chi connectivity index (χ1v) is 19.7. The number of nitrogens with zero attached hydrogens (tertiary/aromatic N) is 1. The Morgan fingerprint density at radius 2 is 1.47 bits per heavy atom. The van der Waals surface area contributed by atoms with Crippen LogP contribution in [0.4, 0.5) is 4.79 Å². The molecular formula is C40H75Cl2N3O2. The molecule has 4 aliphatic rings. The van der Waals surface area contributed by atoms with Crippen LogP contribution in [-0.4, -0.2) is 43.3 Å². The number of rotatable bonds is 18. The van der Waals surface area contributed by atoms with Crippen LogP contribution in [0.15, 0.2) is 11.6 Å². The summed E-state index contributed by atoms with van der Waals surface area (Å²) in [6.07, 6.45) is 25.7. The third-order valence-electron chi connectivity index (χ3n) is 13.5. The second-order valence-corrected chi connectivity index (χ2v) is 16.9. The predicted octanol–water partition coefficient (Wildman–Crippen LogP) is 10.7. The van der Waals surface area contributed by atoms with Crippen molar-refractivity contribution in [2.75, 3.05) is 26.2 Å².